The molecule has 5 heteroatoms. The minimum Gasteiger partial charge on any atom is -0.361 e. The van der Waals surface area contributed by atoms with Gasteiger partial charge in [0.2, 0.25) is 0 Å². The molecule has 2 heterocycles. The molecule has 1 atom stereocenters. The van der Waals surface area contributed by atoms with Crippen molar-refractivity contribution in [2.75, 3.05) is 11.9 Å². The van der Waals surface area contributed by atoms with E-state index in [9.17, 15) is 4.79 Å². The number of hydrogen-bond acceptors (Lipinski definition) is 3. The summed E-state index contributed by atoms with van der Waals surface area (Å²) in [5, 5.41) is 8.17. The zero-order chi connectivity index (χ0) is 14.1. The standard InChI is InChI=1S/C15H15ClN2OS/c1-2-6-18-14(10-5-7-20-9-10)17-13-8-11(16)3-4-12(13)15(18)19/h3-5,7-9,14,17H,2,6H2,1H3. The van der Waals surface area contributed by atoms with Gasteiger partial charge in [-0.05, 0) is 41.4 Å². The van der Waals surface area contributed by atoms with Gasteiger partial charge in [-0.15, -0.1) is 0 Å². The first kappa shape index (κ1) is 13.5. The molecule has 0 saturated heterocycles. The van der Waals surface area contributed by atoms with Gasteiger partial charge in [-0.1, -0.05) is 18.5 Å². The lowest BCUT2D eigenvalue weighted by atomic mass is 10.0. The Bertz CT molecular complexity index is 627. The largest absolute Gasteiger partial charge is 0.361 e. The summed E-state index contributed by atoms with van der Waals surface area (Å²) in [7, 11) is 0. The van der Waals surface area contributed by atoms with E-state index in [1.807, 2.05) is 22.4 Å². The Morgan fingerprint density at radius 3 is 2.95 bits per heavy atom. The molecule has 1 aromatic carbocycles. The van der Waals surface area contributed by atoms with Crippen LogP contribution in [0.25, 0.3) is 0 Å². The van der Waals surface area contributed by atoms with Crippen LogP contribution < -0.4 is 5.32 Å². The van der Waals surface area contributed by atoms with E-state index in [1.54, 1.807) is 23.5 Å². The molecule has 0 spiro atoms. The van der Waals surface area contributed by atoms with Crippen molar-refractivity contribution in [1.82, 2.24) is 4.90 Å². The smallest absolute Gasteiger partial charge is 0.257 e. The lowest BCUT2D eigenvalue weighted by Gasteiger charge is -2.37. The fraction of sp³-hybridized carbons (Fsp3) is 0.267. The van der Waals surface area contributed by atoms with Gasteiger partial charge in [0.15, 0.2) is 0 Å². The summed E-state index contributed by atoms with van der Waals surface area (Å²) in [5.41, 5.74) is 2.61. The van der Waals surface area contributed by atoms with E-state index in [1.165, 1.54) is 0 Å². The molecule has 0 bridgehead atoms. The number of rotatable bonds is 3. The van der Waals surface area contributed by atoms with Gasteiger partial charge in [-0.25, -0.2) is 0 Å². The molecule has 1 N–H and O–H groups in total. The van der Waals surface area contributed by atoms with Crippen molar-refractivity contribution in [2.45, 2.75) is 19.5 Å². The first-order chi connectivity index (χ1) is 9.70. The van der Waals surface area contributed by atoms with Crippen molar-refractivity contribution in [3.63, 3.8) is 0 Å². The highest BCUT2D eigenvalue weighted by atomic mass is 35.5. The van der Waals surface area contributed by atoms with E-state index in [2.05, 4.69) is 17.6 Å². The fourth-order valence-electron chi connectivity index (χ4n) is 2.48. The van der Waals surface area contributed by atoms with Gasteiger partial charge in [0.1, 0.15) is 6.17 Å². The van der Waals surface area contributed by atoms with Crippen LogP contribution in [-0.4, -0.2) is 17.4 Å². The van der Waals surface area contributed by atoms with Crippen molar-refractivity contribution < 1.29 is 4.79 Å². The van der Waals surface area contributed by atoms with Crippen LogP contribution in [-0.2, 0) is 0 Å². The molecule has 1 unspecified atom stereocenters. The van der Waals surface area contributed by atoms with Gasteiger partial charge in [0.05, 0.1) is 11.3 Å². The average molecular weight is 307 g/mol. The molecule has 1 aliphatic rings. The second-order valence-electron chi connectivity index (χ2n) is 4.79. The molecule has 2 aromatic rings. The van der Waals surface area contributed by atoms with Crippen LogP contribution in [0.1, 0.15) is 35.4 Å². The van der Waals surface area contributed by atoms with Gasteiger partial charge in [-0.3, -0.25) is 4.79 Å². The monoisotopic (exact) mass is 306 g/mol. The Labute approximate surface area is 127 Å². The van der Waals surface area contributed by atoms with E-state index in [-0.39, 0.29) is 12.1 Å². The Morgan fingerprint density at radius 2 is 2.25 bits per heavy atom. The SMILES string of the molecule is CCCN1C(=O)c2ccc(Cl)cc2NC1c1ccsc1. The number of carbonyl (C=O) groups excluding carboxylic acids is 1. The molecule has 3 nitrogen and oxygen atoms in total. The maximum atomic E-state index is 12.7. The molecule has 0 saturated carbocycles. The molecular formula is C15H15ClN2OS. The molecule has 104 valence electrons. The van der Waals surface area contributed by atoms with Crippen molar-refractivity contribution in [3.05, 3.63) is 51.2 Å². The number of thiophene rings is 1. The van der Waals surface area contributed by atoms with Crippen LogP contribution in [0.2, 0.25) is 5.02 Å². The summed E-state index contributed by atoms with van der Waals surface area (Å²) >= 11 is 7.67. The third-order valence-corrected chi connectivity index (χ3v) is 4.34. The zero-order valence-electron chi connectivity index (χ0n) is 11.1. The lowest BCUT2D eigenvalue weighted by molar-refractivity contribution is 0.0683. The number of fused-ring (bicyclic) bond motifs is 1. The number of anilines is 1. The average Bonchev–Trinajstić information content (AvgIpc) is 2.95. The highest BCUT2D eigenvalue weighted by Crippen LogP contribution is 2.35. The van der Waals surface area contributed by atoms with Gasteiger partial charge in [0.25, 0.3) is 5.91 Å². The zero-order valence-corrected chi connectivity index (χ0v) is 12.7. The first-order valence-electron chi connectivity index (χ1n) is 6.60. The Balaban J connectivity index is 2.04. The predicted molar refractivity (Wildman–Crippen MR) is 83.5 cm³/mol. The number of nitrogens with one attached hydrogen (secondary N) is 1. The topological polar surface area (TPSA) is 32.3 Å². The summed E-state index contributed by atoms with van der Waals surface area (Å²) in [6.45, 7) is 2.81. The summed E-state index contributed by atoms with van der Waals surface area (Å²) < 4.78 is 0. The van der Waals surface area contributed by atoms with Crippen LogP contribution >= 0.6 is 22.9 Å². The van der Waals surface area contributed by atoms with Crippen molar-refractivity contribution in [1.29, 1.82) is 0 Å². The Hall–Kier alpha value is -1.52. The summed E-state index contributed by atoms with van der Waals surface area (Å²) in [5.74, 6) is 0.0634. The van der Waals surface area contributed by atoms with Crippen molar-refractivity contribution >= 4 is 34.5 Å². The number of carbonyl (C=O) groups is 1. The number of nitrogens with zero attached hydrogens (tertiary/aromatic N) is 1. The van der Waals surface area contributed by atoms with E-state index in [0.29, 0.717) is 10.6 Å². The first-order valence-corrected chi connectivity index (χ1v) is 7.92. The van der Waals surface area contributed by atoms with E-state index in [4.69, 9.17) is 11.6 Å². The molecule has 0 radical (unpaired) electrons. The Kier molecular flexibility index (Phi) is 3.68. The van der Waals surface area contributed by atoms with Gasteiger partial charge in [-0.2, -0.15) is 11.3 Å². The van der Waals surface area contributed by atoms with Crippen LogP contribution in [0.15, 0.2) is 35.0 Å². The third kappa shape index (κ3) is 2.30. The van der Waals surface area contributed by atoms with Crippen LogP contribution in [0.5, 0.6) is 0 Å². The van der Waals surface area contributed by atoms with Gasteiger partial charge >= 0.3 is 0 Å². The van der Waals surface area contributed by atoms with Gasteiger partial charge < -0.3 is 10.2 Å². The maximum Gasteiger partial charge on any atom is 0.257 e. The third-order valence-electron chi connectivity index (χ3n) is 3.40. The lowest BCUT2D eigenvalue weighted by Crippen LogP contribution is -2.43. The molecule has 1 amide bonds. The quantitative estimate of drug-likeness (QED) is 0.912. The van der Waals surface area contributed by atoms with Crippen LogP contribution in [0.3, 0.4) is 0 Å². The molecule has 1 aromatic heterocycles. The molecule has 0 fully saturated rings. The molecule has 3 rings (SSSR count). The number of halogens is 1. The second kappa shape index (κ2) is 5.46. The summed E-state index contributed by atoms with van der Waals surface area (Å²) in [4.78, 5) is 14.6. The van der Waals surface area contributed by atoms with Crippen LogP contribution in [0.4, 0.5) is 5.69 Å². The van der Waals surface area contributed by atoms with Crippen LogP contribution in [0, 0.1) is 0 Å². The van der Waals surface area contributed by atoms with Crippen molar-refractivity contribution in [3.8, 4) is 0 Å². The molecular weight excluding hydrogens is 292 g/mol. The summed E-state index contributed by atoms with van der Waals surface area (Å²) in [6, 6.07) is 7.42. The Morgan fingerprint density at radius 1 is 1.40 bits per heavy atom. The van der Waals surface area contributed by atoms with E-state index in [0.717, 1.165) is 24.2 Å². The van der Waals surface area contributed by atoms with Crippen molar-refractivity contribution in [2.24, 2.45) is 0 Å². The van der Waals surface area contributed by atoms with Gasteiger partial charge in [0, 0.05) is 17.1 Å². The highest BCUT2D eigenvalue weighted by molar-refractivity contribution is 7.08. The minimum absolute atomic E-state index is 0.0634. The second-order valence-corrected chi connectivity index (χ2v) is 6.01. The van der Waals surface area contributed by atoms with E-state index >= 15 is 0 Å². The minimum atomic E-state index is -0.111. The molecule has 1 aliphatic heterocycles. The van der Waals surface area contributed by atoms with E-state index < -0.39 is 0 Å². The fourth-order valence-corrected chi connectivity index (χ4v) is 3.34. The summed E-state index contributed by atoms with van der Waals surface area (Å²) in [6.07, 6.45) is 0.816. The normalized spacial score (nSPS) is 17.8. The predicted octanol–water partition coefficient (Wildman–Crippen LogP) is 4.38. The number of benzene rings is 1. The molecule has 0 aliphatic carbocycles. The maximum absolute atomic E-state index is 12.7. The molecule has 20 heavy (non-hydrogen) atoms. The number of hydrogen-bond donors (Lipinski definition) is 1. The highest BCUT2D eigenvalue weighted by Gasteiger charge is 2.32. The number of amides is 1.